The van der Waals surface area contributed by atoms with Crippen LogP contribution in [0.25, 0.3) is 0 Å². The van der Waals surface area contributed by atoms with Crippen molar-refractivity contribution in [2.75, 3.05) is 71.5 Å². The number of hydrogen-bond donors (Lipinski definition) is 0. The fourth-order valence-electron chi connectivity index (χ4n) is 3.79. The summed E-state index contributed by atoms with van der Waals surface area (Å²) in [5, 5.41) is 0. The van der Waals surface area contributed by atoms with Gasteiger partial charge in [0, 0.05) is 59.1 Å². The lowest BCUT2D eigenvalue weighted by Crippen LogP contribution is -2.62. The molecule has 0 aliphatic carbocycles. The van der Waals surface area contributed by atoms with E-state index in [1.807, 2.05) is 18.0 Å². The molecule has 0 saturated carbocycles. The largest absolute Gasteiger partial charge is 0.375 e. The Balaban J connectivity index is 1.64. The highest BCUT2D eigenvalue weighted by molar-refractivity contribution is 5.88. The summed E-state index contributed by atoms with van der Waals surface area (Å²) in [6, 6.07) is 3.55. The molecule has 0 bridgehead atoms. The maximum absolute atomic E-state index is 13.2. The second-order valence-corrected chi connectivity index (χ2v) is 7.25. The summed E-state index contributed by atoms with van der Waals surface area (Å²) in [4.78, 5) is 37.9. The van der Waals surface area contributed by atoms with Gasteiger partial charge in [-0.05, 0) is 25.6 Å². The molecular formula is C19H29N5O3. The van der Waals surface area contributed by atoms with Crippen LogP contribution in [0.1, 0.15) is 5.56 Å². The van der Waals surface area contributed by atoms with Gasteiger partial charge in [-0.1, -0.05) is 6.07 Å². The third-order valence-corrected chi connectivity index (χ3v) is 5.33. The molecule has 148 valence electrons. The van der Waals surface area contributed by atoms with E-state index in [9.17, 15) is 9.59 Å². The molecule has 1 aromatic rings. The van der Waals surface area contributed by atoms with Gasteiger partial charge < -0.3 is 24.3 Å². The lowest BCUT2D eigenvalue weighted by atomic mass is 10.1. The van der Waals surface area contributed by atoms with Crippen molar-refractivity contribution in [3.05, 3.63) is 23.9 Å². The first kappa shape index (κ1) is 19.6. The van der Waals surface area contributed by atoms with Gasteiger partial charge in [0.05, 0.1) is 0 Å². The summed E-state index contributed by atoms with van der Waals surface area (Å²) >= 11 is 0. The second-order valence-electron chi connectivity index (χ2n) is 7.25. The first-order chi connectivity index (χ1) is 13.0. The quantitative estimate of drug-likeness (QED) is 0.728. The van der Waals surface area contributed by atoms with Crippen LogP contribution in [0, 0.1) is 6.92 Å². The van der Waals surface area contributed by atoms with Crippen LogP contribution in [0.15, 0.2) is 18.3 Å². The van der Waals surface area contributed by atoms with Gasteiger partial charge in [-0.2, -0.15) is 0 Å². The number of rotatable bonds is 4. The molecule has 2 amide bonds. The number of carbonyl (C=O) groups excluding carboxylic acids is 2. The number of ether oxygens (including phenoxy) is 1. The molecule has 1 atom stereocenters. The number of hydrogen-bond acceptors (Lipinski definition) is 6. The minimum atomic E-state index is -0.436. The third-order valence-electron chi connectivity index (χ3n) is 5.33. The molecule has 2 saturated heterocycles. The summed E-state index contributed by atoms with van der Waals surface area (Å²) in [6.45, 7) is 6.73. The molecule has 2 fully saturated rings. The Morgan fingerprint density at radius 3 is 2.59 bits per heavy atom. The summed E-state index contributed by atoms with van der Waals surface area (Å²) in [6.07, 6.45) is 1.80. The van der Waals surface area contributed by atoms with Crippen molar-refractivity contribution in [2.24, 2.45) is 0 Å². The van der Waals surface area contributed by atoms with Crippen molar-refractivity contribution in [3.63, 3.8) is 0 Å². The number of anilines is 1. The van der Waals surface area contributed by atoms with Crippen LogP contribution in [0.2, 0.25) is 0 Å². The highest BCUT2D eigenvalue weighted by atomic mass is 16.5. The molecule has 3 heterocycles. The van der Waals surface area contributed by atoms with E-state index in [0.717, 1.165) is 31.0 Å². The average molecular weight is 375 g/mol. The Morgan fingerprint density at radius 1 is 1.19 bits per heavy atom. The molecule has 0 spiro atoms. The number of methoxy groups -OCH3 is 1. The zero-order valence-corrected chi connectivity index (χ0v) is 16.4. The van der Waals surface area contributed by atoms with Gasteiger partial charge in [0.2, 0.25) is 11.8 Å². The summed E-state index contributed by atoms with van der Waals surface area (Å²) in [5.74, 6) is 0.897. The van der Waals surface area contributed by atoms with Crippen LogP contribution < -0.4 is 4.90 Å². The lowest BCUT2D eigenvalue weighted by molar-refractivity contribution is -0.151. The van der Waals surface area contributed by atoms with Crippen LogP contribution >= 0.6 is 0 Å². The minimum absolute atomic E-state index is 0.0141. The van der Waals surface area contributed by atoms with Gasteiger partial charge in [-0.15, -0.1) is 0 Å². The maximum Gasteiger partial charge on any atom is 0.249 e. The Morgan fingerprint density at radius 2 is 1.93 bits per heavy atom. The van der Waals surface area contributed by atoms with Crippen LogP contribution in [-0.4, -0.2) is 104 Å². The summed E-state index contributed by atoms with van der Waals surface area (Å²) in [5.41, 5.74) is 1.14. The van der Waals surface area contributed by atoms with E-state index < -0.39 is 6.04 Å². The van der Waals surface area contributed by atoms with Crippen molar-refractivity contribution in [3.8, 4) is 0 Å². The summed E-state index contributed by atoms with van der Waals surface area (Å²) < 4.78 is 4.99. The van der Waals surface area contributed by atoms with E-state index in [1.165, 1.54) is 7.11 Å². The number of carbonyl (C=O) groups is 2. The SMILES string of the molecule is COCC(=O)N1CCN(C)C[C@@H]1C(=O)N1CCN(c2ncccc2C)CC1. The van der Waals surface area contributed by atoms with Crippen LogP contribution in [0.4, 0.5) is 5.82 Å². The van der Waals surface area contributed by atoms with Gasteiger partial charge >= 0.3 is 0 Å². The smallest absolute Gasteiger partial charge is 0.249 e. The van der Waals surface area contributed by atoms with Crippen molar-refractivity contribution in [2.45, 2.75) is 13.0 Å². The van der Waals surface area contributed by atoms with E-state index in [0.29, 0.717) is 26.2 Å². The molecule has 8 heteroatoms. The fourth-order valence-corrected chi connectivity index (χ4v) is 3.79. The molecule has 0 aromatic carbocycles. The zero-order valence-electron chi connectivity index (χ0n) is 16.4. The first-order valence-corrected chi connectivity index (χ1v) is 9.43. The number of pyridine rings is 1. The molecule has 2 aliphatic rings. The second kappa shape index (κ2) is 8.67. The minimum Gasteiger partial charge on any atom is -0.375 e. The zero-order chi connectivity index (χ0) is 19.4. The van der Waals surface area contributed by atoms with Crippen molar-refractivity contribution < 1.29 is 14.3 Å². The third kappa shape index (κ3) is 4.39. The average Bonchev–Trinajstić information content (AvgIpc) is 2.68. The van der Waals surface area contributed by atoms with E-state index in [-0.39, 0.29) is 18.4 Å². The normalized spacial score (nSPS) is 21.4. The number of amides is 2. The van der Waals surface area contributed by atoms with Gasteiger partial charge in [0.15, 0.2) is 0 Å². The highest BCUT2D eigenvalue weighted by Crippen LogP contribution is 2.19. The summed E-state index contributed by atoms with van der Waals surface area (Å²) in [7, 11) is 3.49. The number of nitrogens with zero attached hydrogens (tertiary/aromatic N) is 5. The van der Waals surface area contributed by atoms with Crippen molar-refractivity contribution in [1.82, 2.24) is 19.7 Å². The predicted octanol–water partition coefficient (Wildman–Crippen LogP) is -0.172. The van der Waals surface area contributed by atoms with Crippen molar-refractivity contribution in [1.29, 1.82) is 0 Å². The Bertz CT molecular complexity index is 675. The number of piperazine rings is 2. The first-order valence-electron chi connectivity index (χ1n) is 9.43. The van der Waals surface area contributed by atoms with Crippen molar-refractivity contribution >= 4 is 17.6 Å². The number of aromatic nitrogens is 1. The molecule has 2 aliphatic heterocycles. The molecule has 1 aromatic heterocycles. The Labute approximate surface area is 160 Å². The van der Waals surface area contributed by atoms with Gasteiger partial charge in [-0.25, -0.2) is 4.98 Å². The Kier molecular flexibility index (Phi) is 6.28. The van der Waals surface area contributed by atoms with Crippen LogP contribution in [-0.2, 0) is 14.3 Å². The molecule has 0 N–H and O–H groups in total. The Hall–Kier alpha value is -2.19. The lowest BCUT2D eigenvalue weighted by Gasteiger charge is -2.43. The molecule has 27 heavy (non-hydrogen) atoms. The molecule has 0 radical (unpaired) electrons. The van der Waals surface area contributed by atoms with Crippen LogP contribution in [0.5, 0.6) is 0 Å². The number of aryl methyl sites for hydroxylation is 1. The van der Waals surface area contributed by atoms with E-state index >= 15 is 0 Å². The standard InChI is InChI=1S/C19H29N5O3/c1-15-5-4-6-20-18(15)22-8-10-23(11-9-22)19(26)16-13-21(2)7-12-24(16)17(25)14-27-3/h4-6,16H,7-14H2,1-3H3/t16-/m1/s1. The molecule has 3 rings (SSSR count). The van der Waals surface area contributed by atoms with Gasteiger partial charge in [-0.3, -0.25) is 9.59 Å². The molecular weight excluding hydrogens is 346 g/mol. The molecule has 0 unspecified atom stereocenters. The fraction of sp³-hybridized carbons (Fsp3) is 0.632. The van der Waals surface area contributed by atoms with E-state index in [2.05, 4.69) is 27.8 Å². The predicted molar refractivity (Wildman–Crippen MR) is 103 cm³/mol. The molecule has 8 nitrogen and oxygen atoms in total. The maximum atomic E-state index is 13.2. The van der Waals surface area contributed by atoms with Gasteiger partial charge in [0.25, 0.3) is 0 Å². The van der Waals surface area contributed by atoms with E-state index in [4.69, 9.17) is 4.74 Å². The number of likely N-dealkylation sites (N-methyl/N-ethyl adjacent to an activating group) is 1. The van der Waals surface area contributed by atoms with Crippen LogP contribution in [0.3, 0.4) is 0 Å². The monoisotopic (exact) mass is 375 g/mol. The highest BCUT2D eigenvalue weighted by Gasteiger charge is 2.37. The topological polar surface area (TPSA) is 69.2 Å². The van der Waals surface area contributed by atoms with E-state index in [1.54, 1.807) is 11.1 Å². The van der Waals surface area contributed by atoms with Gasteiger partial charge in [0.1, 0.15) is 18.5 Å².